The van der Waals surface area contributed by atoms with Crippen LogP contribution in [0.15, 0.2) is 78.9 Å². The van der Waals surface area contributed by atoms with Gasteiger partial charge in [0.1, 0.15) is 0 Å². The summed E-state index contributed by atoms with van der Waals surface area (Å²) in [6.45, 7) is 0. The lowest BCUT2D eigenvalue weighted by molar-refractivity contribution is 0.108. The van der Waals surface area contributed by atoms with Crippen LogP contribution in [-0.2, 0) is 0 Å². The van der Waals surface area contributed by atoms with Gasteiger partial charge in [0.15, 0.2) is 0 Å². The van der Waals surface area contributed by atoms with E-state index in [4.69, 9.17) is 11.6 Å². The molecule has 0 aliphatic rings. The van der Waals surface area contributed by atoms with Gasteiger partial charge >= 0.3 is 0 Å². The van der Waals surface area contributed by atoms with Crippen molar-refractivity contribution in [3.63, 3.8) is 0 Å². The second kappa shape index (κ2) is 7.08. The molecule has 0 amide bonds. The van der Waals surface area contributed by atoms with Crippen LogP contribution in [0, 0.1) is 0 Å². The van der Waals surface area contributed by atoms with E-state index in [1.165, 1.54) is 11.1 Å². The van der Waals surface area contributed by atoms with E-state index in [-0.39, 0.29) is 0 Å². The first-order valence-corrected chi connectivity index (χ1v) is 7.74. The SMILES string of the molecule is O=C(Cl)c1ccc(C=Cc2ccc(-c3ccccc3)cc2)cc1. The Kier molecular flexibility index (Phi) is 4.70. The lowest BCUT2D eigenvalue weighted by atomic mass is 10.0. The Morgan fingerprint density at radius 1 is 0.652 bits per heavy atom. The number of benzene rings is 3. The minimum absolute atomic E-state index is 0.433. The topological polar surface area (TPSA) is 17.1 Å². The van der Waals surface area contributed by atoms with Gasteiger partial charge in [0.2, 0.25) is 0 Å². The zero-order chi connectivity index (χ0) is 16.1. The number of halogens is 1. The number of carbonyl (C=O) groups excluding carboxylic acids is 1. The Labute approximate surface area is 140 Å². The van der Waals surface area contributed by atoms with Gasteiger partial charge in [-0.3, -0.25) is 4.79 Å². The molecule has 0 heterocycles. The molecule has 112 valence electrons. The van der Waals surface area contributed by atoms with Crippen LogP contribution in [0.1, 0.15) is 21.5 Å². The van der Waals surface area contributed by atoms with Gasteiger partial charge in [-0.2, -0.15) is 0 Å². The summed E-state index contributed by atoms with van der Waals surface area (Å²) in [5.74, 6) is 0. The highest BCUT2D eigenvalue weighted by molar-refractivity contribution is 6.67. The lowest BCUT2D eigenvalue weighted by Crippen LogP contribution is -1.87. The van der Waals surface area contributed by atoms with Crippen LogP contribution in [-0.4, -0.2) is 5.24 Å². The van der Waals surface area contributed by atoms with E-state index in [2.05, 4.69) is 36.4 Å². The molecule has 0 bridgehead atoms. The van der Waals surface area contributed by atoms with Crippen molar-refractivity contribution >= 4 is 29.0 Å². The highest BCUT2D eigenvalue weighted by atomic mass is 35.5. The van der Waals surface area contributed by atoms with E-state index >= 15 is 0 Å². The van der Waals surface area contributed by atoms with Crippen LogP contribution in [0.3, 0.4) is 0 Å². The summed E-state index contributed by atoms with van der Waals surface area (Å²) in [4.78, 5) is 11.0. The number of hydrogen-bond donors (Lipinski definition) is 0. The Morgan fingerprint density at radius 2 is 1.13 bits per heavy atom. The molecule has 3 aromatic carbocycles. The zero-order valence-corrected chi connectivity index (χ0v) is 13.2. The van der Waals surface area contributed by atoms with Crippen molar-refractivity contribution in [3.05, 3.63) is 95.6 Å². The Morgan fingerprint density at radius 3 is 1.65 bits per heavy atom. The maximum Gasteiger partial charge on any atom is 0.252 e. The molecule has 1 nitrogen and oxygen atoms in total. The fourth-order valence-corrected chi connectivity index (χ4v) is 2.46. The average Bonchev–Trinajstić information content (AvgIpc) is 2.61. The molecule has 3 aromatic rings. The fourth-order valence-electron chi connectivity index (χ4n) is 2.33. The van der Waals surface area contributed by atoms with Crippen molar-refractivity contribution in [1.29, 1.82) is 0 Å². The molecule has 0 spiro atoms. The number of rotatable bonds is 4. The molecular weight excluding hydrogens is 304 g/mol. The van der Waals surface area contributed by atoms with Crippen molar-refractivity contribution in [2.24, 2.45) is 0 Å². The standard InChI is InChI=1S/C21H15ClO/c22-21(23)20-14-10-17(11-15-20)7-6-16-8-12-19(13-9-16)18-4-2-1-3-5-18/h1-15H. The molecule has 0 radical (unpaired) electrons. The van der Waals surface area contributed by atoms with E-state index in [0.717, 1.165) is 11.1 Å². The predicted octanol–water partition coefficient (Wildman–Crippen LogP) is 5.90. The van der Waals surface area contributed by atoms with E-state index in [9.17, 15) is 4.79 Å². The molecule has 23 heavy (non-hydrogen) atoms. The largest absolute Gasteiger partial charge is 0.276 e. The van der Waals surface area contributed by atoms with Crippen LogP contribution in [0.2, 0.25) is 0 Å². The van der Waals surface area contributed by atoms with Gasteiger partial charge in [-0.25, -0.2) is 0 Å². The van der Waals surface area contributed by atoms with Crippen molar-refractivity contribution in [2.75, 3.05) is 0 Å². The van der Waals surface area contributed by atoms with Crippen LogP contribution < -0.4 is 0 Å². The molecule has 0 fully saturated rings. The van der Waals surface area contributed by atoms with Crippen molar-refractivity contribution in [3.8, 4) is 11.1 Å². The molecule has 0 unspecified atom stereocenters. The summed E-state index contributed by atoms with van der Waals surface area (Å²) in [7, 11) is 0. The molecule has 0 N–H and O–H groups in total. The van der Waals surface area contributed by atoms with Crippen molar-refractivity contribution < 1.29 is 4.79 Å². The minimum atomic E-state index is -0.433. The quantitative estimate of drug-likeness (QED) is 0.432. The predicted molar refractivity (Wildman–Crippen MR) is 97.4 cm³/mol. The van der Waals surface area contributed by atoms with Gasteiger partial charge in [0, 0.05) is 5.56 Å². The smallest absolute Gasteiger partial charge is 0.252 e. The van der Waals surface area contributed by atoms with Gasteiger partial charge in [-0.1, -0.05) is 78.9 Å². The van der Waals surface area contributed by atoms with E-state index < -0.39 is 5.24 Å². The highest BCUT2D eigenvalue weighted by Gasteiger charge is 1.99. The number of hydrogen-bond acceptors (Lipinski definition) is 1. The zero-order valence-electron chi connectivity index (χ0n) is 12.4. The first kappa shape index (κ1) is 15.3. The van der Waals surface area contributed by atoms with Crippen LogP contribution >= 0.6 is 11.6 Å². The molecule has 0 atom stereocenters. The summed E-state index contributed by atoms with van der Waals surface area (Å²) >= 11 is 5.44. The highest BCUT2D eigenvalue weighted by Crippen LogP contribution is 2.20. The molecule has 0 aromatic heterocycles. The maximum absolute atomic E-state index is 11.0. The summed E-state index contributed by atoms with van der Waals surface area (Å²) in [5, 5.41) is -0.433. The van der Waals surface area contributed by atoms with Gasteiger partial charge < -0.3 is 0 Å². The Balaban J connectivity index is 1.74. The van der Waals surface area contributed by atoms with Gasteiger partial charge in [0.05, 0.1) is 0 Å². The Hall–Kier alpha value is -2.64. The summed E-state index contributed by atoms with van der Waals surface area (Å²) in [6.07, 6.45) is 4.06. The maximum atomic E-state index is 11.0. The monoisotopic (exact) mass is 318 g/mol. The normalized spacial score (nSPS) is 10.8. The van der Waals surface area contributed by atoms with Crippen LogP contribution in [0.25, 0.3) is 23.3 Å². The molecule has 0 saturated heterocycles. The molecule has 3 rings (SSSR count). The third kappa shape index (κ3) is 3.97. The third-order valence-electron chi connectivity index (χ3n) is 3.62. The molecule has 0 aliphatic heterocycles. The van der Waals surface area contributed by atoms with E-state index in [1.807, 2.05) is 42.5 Å². The third-order valence-corrected chi connectivity index (χ3v) is 3.84. The summed E-state index contributed by atoms with van der Waals surface area (Å²) in [6, 6.07) is 25.9. The fraction of sp³-hybridized carbons (Fsp3) is 0. The molecular formula is C21H15ClO. The molecule has 0 aliphatic carbocycles. The number of carbonyl (C=O) groups is 1. The summed E-state index contributed by atoms with van der Waals surface area (Å²) in [5.41, 5.74) is 5.08. The average molecular weight is 319 g/mol. The van der Waals surface area contributed by atoms with Crippen molar-refractivity contribution in [1.82, 2.24) is 0 Å². The van der Waals surface area contributed by atoms with Gasteiger partial charge in [-0.05, 0) is 46.0 Å². The van der Waals surface area contributed by atoms with Crippen LogP contribution in [0.5, 0.6) is 0 Å². The van der Waals surface area contributed by atoms with E-state index in [1.54, 1.807) is 12.1 Å². The first-order chi connectivity index (χ1) is 11.2. The minimum Gasteiger partial charge on any atom is -0.276 e. The van der Waals surface area contributed by atoms with Gasteiger partial charge in [-0.15, -0.1) is 0 Å². The lowest BCUT2D eigenvalue weighted by Gasteiger charge is -2.02. The Bertz CT molecular complexity index is 816. The van der Waals surface area contributed by atoms with Crippen LogP contribution in [0.4, 0.5) is 0 Å². The van der Waals surface area contributed by atoms with Gasteiger partial charge in [0.25, 0.3) is 5.24 Å². The van der Waals surface area contributed by atoms with Crippen molar-refractivity contribution in [2.45, 2.75) is 0 Å². The second-order valence-corrected chi connectivity index (χ2v) is 5.56. The van der Waals surface area contributed by atoms with E-state index in [0.29, 0.717) is 5.56 Å². The summed E-state index contributed by atoms with van der Waals surface area (Å²) < 4.78 is 0. The molecule has 2 heteroatoms. The molecule has 0 saturated carbocycles. The second-order valence-electron chi connectivity index (χ2n) is 5.22. The first-order valence-electron chi connectivity index (χ1n) is 7.36.